The average molecular weight is 126 g/mol. The molecule has 0 aromatic rings. The molecule has 0 radical (unpaired) electrons. The topological polar surface area (TPSA) is 12.5 Å². The minimum Gasteiger partial charge on any atom is -0.365 e. The molecule has 1 rings (SSSR count). The quantitative estimate of drug-likeness (QED) is 0.415. The Morgan fingerprint density at radius 1 is 1.67 bits per heavy atom. The Balaban J connectivity index is 1.98. The minimum absolute atomic E-state index is 0.386. The van der Waals surface area contributed by atoms with Crippen molar-refractivity contribution in [1.82, 2.24) is 0 Å². The maximum absolute atomic E-state index is 5.25. The highest BCUT2D eigenvalue weighted by molar-refractivity contribution is 4.97. The van der Waals surface area contributed by atoms with Crippen LogP contribution in [0, 0.1) is 0 Å². The van der Waals surface area contributed by atoms with E-state index in [0.29, 0.717) is 12.2 Å². The fourth-order valence-electron chi connectivity index (χ4n) is 1.00. The van der Waals surface area contributed by atoms with Crippen LogP contribution in [0.1, 0.15) is 26.2 Å². The van der Waals surface area contributed by atoms with Crippen molar-refractivity contribution in [3.05, 3.63) is 12.7 Å². The van der Waals surface area contributed by atoms with E-state index in [1.807, 2.05) is 6.08 Å². The fourth-order valence-corrected chi connectivity index (χ4v) is 1.00. The average Bonchev–Trinajstić information content (AvgIpc) is 2.62. The highest BCUT2D eigenvalue weighted by Gasteiger charge is 2.34. The molecule has 1 aliphatic heterocycles. The second-order valence-corrected chi connectivity index (χ2v) is 2.52. The monoisotopic (exact) mass is 126 g/mol. The van der Waals surface area contributed by atoms with E-state index in [4.69, 9.17) is 4.74 Å². The molecule has 0 aliphatic carbocycles. The van der Waals surface area contributed by atoms with Crippen LogP contribution < -0.4 is 0 Å². The molecule has 1 aliphatic rings. The van der Waals surface area contributed by atoms with Gasteiger partial charge < -0.3 is 4.74 Å². The van der Waals surface area contributed by atoms with Crippen LogP contribution in [0.2, 0.25) is 0 Å². The fraction of sp³-hybridized carbons (Fsp3) is 0.750. The summed E-state index contributed by atoms with van der Waals surface area (Å²) in [6.07, 6.45) is 6.56. The predicted octanol–water partition coefficient (Wildman–Crippen LogP) is 2.13. The Kier molecular flexibility index (Phi) is 2.29. The van der Waals surface area contributed by atoms with E-state index in [2.05, 4.69) is 13.5 Å². The third kappa shape index (κ3) is 1.83. The van der Waals surface area contributed by atoms with Crippen LogP contribution in [0.15, 0.2) is 12.7 Å². The second-order valence-electron chi connectivity index (χ2n) is 2.52. The van der Waals surface area contributed by atoms with Gasteiger partial charge in [0.1, 0.15) is 6.10 Å². The van der Waals surface area contributed by atoms with Crippen molar-refractivity contribution >= 4 is 0 Å². The van der Waals surface area contributed by atoms with Gasteiger partial charge in [0, 0.05) is 0 Å². The summed E-state index contributed by atoms with van der Waals surface area (Å²) in [5.41, 5.74) is 0. The molecule has 0 amide bonds. The number of unbranched alkanes of at least 4 members (excludes halogenated alkanes) is 1. The van der Waals surface area contributed by atoms with Crippen molar-refractivity contribution in [3.8, 4) is 0 Å². The Labute approximate surface area is 56.7 Å². The first-order valence-corrected chi connectivity index (χ1v) is 3.66. The molecule has 0 unspecified atom stereocenters. The Morgan fingerprint density at radius 3 is 2.89 bits per heavy atom. The van der Waals surface area contributed by atoms with E-state index in [1.54, 1.807) is 0 Å². The Morgan fingerprint density at radius 2 is 2.44 bits per heavy atom. The summed E-state index contributed by atoms with van der Waals surface area (Å²) in [7, 11) is 0. The smallest absolute Gasteiger partial charge is 0.102 e. The number of hydrogen-bond acceptors (Lipinski definition) is 1. The van der Waals surface area contributed by atoms with Crippen molar-refractivity contribution in [3.63, 3.8) is 0 Å². The van der Waals surface area contributed by atoms with Gasteiger partial charge in [-0.3, -0.25) is 0 Å². The van der Waals surface area contributed by atoms with E-state index in [0.717, 1.165) is 0 Å². The van der Waals surface area contributed by atoms with Gasteiger partial charge in [-0.15, -0.1) is 6.58 Å². The molecule has 0 saturated carbocycles. The van der Waals surface area contributed by atoms with Crippen molar-refractivity contribution in [2.75, 3.05) is 0 Å². The predicted molar refractivity (Wildman–Crippen MR) is 38.4 cm³/mol. The summed E-state index contributed by atoms with van der Waals surface area (Å²) in [5, 5.41) is 0. The zero-order valence-corrected chi connectivity index (χ0v) is 5.97. The highest BCUT2D eigenvalue weighted by atomic mass is 16.6. The molecule has 0 N–H and O–H groups in total. The Hall–Kier alpha value is -0.300. The van der Waals surface area contributed by atoms with Gasteiger partial charge in [0.25, 0.3) is 0 Å². The highest BCUT2D eigenvalue weighted by Crippen LogP contribution is 2.27. The third-order valence-electron chi connectivity index (χ3n) is 1.70. The largest absolute Gasteiger partial charge is 0.365 e. The molecule has 0 aromatic carbocycles. The first kappa shape index (κ1) is 6.81. The normalized spacial score (nSPS) is 32.1. The molecule has 0 spiro atoms. The molecule has 0 aromatic heterocycles. The molecule has 1 fully saturated rings. The van der Waals surface area contributed by atoms with E-state index in [-0.39, 0.29) is 0 Å². The Bertz CT molecular complexity index is 98.7. The lowest BCUT2D eigenvalue weighted by atomic mass is 10.2. The van der Waals surface area contributed by atoms with Crippen molar-refractivity contribution in [2.45, 2.75) is 38.4 Å². The summed E-state index contributed by atoms with van der Waals surface area (Å²) < 4.78 is 5.25. The third-order valence-corrected chi connectivity index (χ3v) is 1.70. The van der Waals surface area contributed by atoms with Gasteiger partial charge in [-0.25, -0.2) is 0 Å². The lowest BCUT2D eigenvalue weighted by Gasteiger charge is -1.87. The van der Waals surface area contributed by atoms with E-state index < -0.39 is 0 Å². The molecule has 2 atom stereocenters. The number of ether oxygens (including phenoxy) is 1. The zero-order valence-electron chi connectivity index (χ0n) is 5.97. The number of hydrogen-bond donors (Lipinski definition) is 0. The first-order chi connectivity index (χ1) is 4.38. The minimum atomic E-state index is 0.386. The van der Waals surface area contributed by atoms with Gasteiger partial charge in [-0.05, 0) is 6.42 Å². The zero-order chi connectivity index (χ0) is 6.69. The van der Waals surface area contributed by atoms with Crippen molar-refractivity contribution in [1.29, 1.82) is 0 Å². The van der Waals surface area contributed by atoms with Gasteiger partial charge >= 0.3 is 0 Å². The lowest BCUT2D eigenvalue weighted by molar-refractivity contribution is 0.375. The van der Waals surface area contributed by atoms with Gasteiger partial charge in [-0.2, -0.15) is 0 Å². The summed E-state index contributed by atoms with van der Waals surface area (Å²) in [5.74, 6) is 0. The van der Waals surface area contributed by atoms with Crippen molar-refractivity contribution in [2.24, 2.45) is 0 Å². The molecule has 1 heteroatoms. The van der Waals surface area contributed by atoms with Gasteiger partial charge in [0.05, 0.1) is 6.10 Å². The number of rotatable bonds is 4. The molecule has 0 bridgehead atoms. The molecular weight excluding hydrogens is 112 g/mol. The maximum atomic E-state index is 5.25. The van der Waals surface area contributed by atoms with Crippen LogP contribution in [0.3, 0.4) is 0 Å². The second kappa shape index (κ2) is 3.02. The lowest BCUT2D eigenvalue weighted by Crippen LogP contribution is -1.88. The van der Waals surface area contributed by atoms with E-state index >= 15 is 0 Å². The van der Waals surface area contributed by atoms with Gasteiger partial charge in [0.15, 0.2) is 0 Å². The van der Waals surface area contributed by atoms with E-state index in [9.17, 15) is 0 Å². The summed E-state index contributed by atoms with van der Waals surface area (Å²) in [6, 6.07) is 0. The maximum Gasteiger partial charge on any atom is 0.102 e. The molecular formula is C8H14O. The van der Waals surface area contributed by atoms with Crippen LogP contribution in [-0.4, -0.2) is 12.2 Å². The molecule has 1 heterocycles. The summed E-state index contributed by atoms with van der Waals surface area (Å²) >= 11 is 0. The summed E-state index contributed by atoms with van der Waals surface area (Å²) in [6.45, 7) is 5.86. The molecule has 1 nitrogen and oxygen atoms in total. The SMILES string of the molecule is C=C[C@H]1O[C@@H]1CCCC. The van der Waals surface area contributed by atoms with Crippen molar-refractivity contribution < 1.29 is 4.74 Å². The van der Waals surface area contributed by atoms with E-state index in [1.165, 1.54) is 19.3 Å². The summed E-state index contributed by atoms with van der Waals surface area (Å²) in [4.78, 5) is 0. The van der Waals surface area contributed by atoms with Gasteiger partial charge in [-0.1, -0.05) is 25.8 Å². The van der Waals surface area contributed by atoms with Crippen LogP contribution >= 0.6 is 0 Å². The molecule has 9 heavy (non-hydrogen) atoms. The van der Waals surface area contributed by atoms with Crippen LogP contribution in [-0.2, 0) is 4.74 Å². The van der Waals surface area contributed by atoms with Crippen LogP contribution in [0.5, 0.6) is 0 Å². The molecule has 52 valence electrons. The van der Waals surface area contributed by atoms with Crippen LogP contribution in [0.25, 0.3) is 0 Å². The number of epoxide rings is 1. The van der Waals surface area contributed by atoms with Gasteiger partial charge in [0.2, 0.25) is 0 Å². The van der Waals surface area contributed by atoms with Crippen LogP contribution in [0.4, 0.5) is 0 Å². The first-order valence-electron chi connectivity index (χ1n) is 3.66. The standard InChI is InChI=1S/C8H14O/c1-3-5-6-8-7(4-2)9-8/h4,7-8H,2-3,5-6H2,1H3/t7-,8-/m1/s1. The molecule has 1 saturated heterocycles.